The summed E-state index contributed by atoms with van der Waals surface area (Å²) in [4.78, 5) is 46.9. The van der Waals surface area contributed by atoms with Gasteiger partial charge in [-0.05, 0) is 36.4 Å². The van der Waals surface area contributed by atoms with Crippen LogP contribution >= 0.6 is 11.6 Å². The number of primary amides is 1. The van der Waals surface area contributed by atoms with Crippen LogP contribution in [-0.2, 0) is 0 Å². The number of halogens is 1. The number of anilines is 2. The highest BCUT2D eigenvalue weighted by Crippen LogP contribution is 2.25. The molecule has 3 amide bonds. The highest BCUT2D eigenvalue weighted by Gasteiger charge is 2.18. The molecule has 0 aliphatic carbocycles. The third kappa shape index (κ3) is 5.03. The molecular formula is C21H15ClN4O5. The highest BCUT2D eigenvalue weighted by atomic mass is 35.5. The Bertz CT molecular complexity index is 1210. The Morgan fingerprint density at radius 2 is 1.58 bits per heavy atom. The number of non-ortho nitro benzene ring substituents is 1. The first kappa shape index (κ1) is 21.5. The van der Waals surface area contributed by atoms with Gasteiger partial charge in [0.25, 0.3) is 17.5 Å². The van der Waals surface area contributed by atoms with Gasteiger partial charge in [0.2, 0.25) is 5.91 Å². The molecule has 0 heterocycles. The molecule has 9 nitrogen and oxygen atoms in total. The first-order chi connectivity index (χ1) is 14.8. The maximum atomic E-state index is 12.7. The molecule has 156 valence electrons. The molecule has 0 aliphatic heterocycles. The fraction of sp³-hybridized carbons (Fsp3) is 0. The molecule has 0 saturated heterocycles. The van der Waals surface area contributed by atoms with Crippen LogP contribution < -0.4 is 16.4 Å². The molecule has 4 N–H and O–H groups in total. The van der Waals surface area contributed by atoms with Crippen LogP contribution in [-0.4, -0.2) is 22.6 Å². The minimum atomic E-state index is -0.643. The molecule has 10 heteroatoms. The van der Waals surface area contributed by atoms with Crippen LogP contribution in [0.1, 0.15) is 31.1 Å². The van der Waals surface area contributed by atoms with E-state index in [4.69, 9.17) is 17.3 Å². The predicted molar refractivity (Wildman–Crippen MR) is 115 cm³/mol. The number of carbonyl (C=O) groups excluding carboxylic acids is 3. The van der Waals surface area contributed by atoms with Crippen molar-refractivity contribution in [2.24, 2.45) is 5.73 Å². The summed E-state index contributed by atoms with van der Waals surface area (Å²) >= 11 is 6.00. The molecule has 3 aromatic carbocycles. The van der Waals surface area contributed by atoms with Gasteiger partial charge in [-0.15, -0.1) is 0 Å². The Hall–Kier alpha value is -4.24. The number of hydrogen-bond donors (Lipinski definition) is 3. The Labute approximate surface area is 181 Å². The van der Waals surface area contributed by atoms with Gasteiger partial charge in [0.05, 0.1) is 26.8 Å². The minimum absolute atomic E-state index is 0.0108. The maximum absolute atomic E-state index is 12.7. The molecule has 3 aromatic rings. The zero-order valence-corrected chi connectivity index (χ0v) is 16.6. The molecule has 0 atom stereocenters. The van der Waals surface area contributed by atoms with Crippen molar-refractivity contribution < 1.29 is 19.3 Å². The smallest absolute Gasteiger partial charge is 0.270 e. The molecule has 0 unspecified atom stereocenters. The van der Waals surface area contributed by atoms with Crippen molar-refractivity contribution in [3.8, 4) is 0 Å². The lowest BCUT2D eigenvalue weighted by Gasteiger charge is -2.12. The molecule has 31 heavy (non-hydrogen) atoms. The van der Waals surface area contributed by atoms with Crippen LogP contribution in [0, 0.1) is 10.1 Å². The summed E-state index contributed by atoms with van der Waals surface area (Å²) in [6.45, 7) is 0. The molecule has 0 fully saturated rings. The highest BCUT2D eigenvalue weighted by molar-refractivity contribution is 6.34. The fourth-order valence-electron chi connectivity index (χ4n) is 2.73. The molecule has 0 aromatic heterocycles. The van der Waals surface area contributed by atoms with Gasteiger partial charge < -0.3 is 16.4 Å². The standard InChI is InChI=1S/C21H15ClN4O5/c22-17-11-14(26(30)31)8-9-15(17)20(28)25-18-7-2-1-6-16(18)21(29)24-13-5-3-4-12(10-13)19(23)27/h1-11H,(H2,23,27)(H,24,29)(H,25,28). The molecular weight excluding hydrogens is 424 g/mol. The summed E-state index contributed by atoms with van der Waals surface area (Å²) in [6, 6.07) is 15.8. The molecule has 0 spiro atoms. The van der Waals surface area contributed by atoms with Gasteiger partial charge >= 0.3 is 0 Å². The number of benzene rings is 3. The number of nitrogens with two attached hydrogens (primary N) is 1. The lowest BCUT2D eigenvalue weighted by atomic mass is 10.1. The number of amides is 3. The summed E-state index contributed by atoms with van der Waals surface area (Å²) in [6.07, 6.45) is 0. The van der Waals surface area contributed by atoms with Crippen molar-refractivity contribution >= 4 is 46.4 Å². The number of nitrogens with one attached hydrogen (secondary N) is 2. The molecule has 0 radical (unpaired) electrons. The van der Waals surface area contributed by atoms with E-state index in [-0.39, 0.29) is 33.1 Å². The average Bonchev–Trinajstić information content (AvgIpc) is 2.74. The number of carbonyl (C=O) groups is 3. The van der Waals surface area contributed by atoms with Crippen molar-refractivity contribution in [3.63, 3.8) is 0 Å². The van der Waals surface area contributed by atoms with Crippen molar-refractivity contribution in [3.05, 3.63) is 98.6 Å². The summed E-state index contributed by atoms with van der Waals surface area (Å²) in [5, 5.41) is 16.0. The van der Waals surface area contributed by atoms with E-state index in [2.05, 4.69) is 10.6 Å². The Kier molecular flexibility index (Phi) is 6.27. The summed E-state index contributed by atoms with van der Waals surface area (Å²) in [7, 11) is 0. The second-order valence-electron chi connectivity index (χ2n) is 6.32. The third-order valence-corrected chi connectivity index (χ3v) is 4.55. The number of para-hydroxylation sites is 1. The normalized spacial score (nSPS) is 10.2. The first-order valence-corrected chi connectivity index (χ1v) is 9.19. The van der Waals surface area contributed by atoms with Crippen LogP contribution in [0.5, 0.6) is 0 Å². The second-order valence-corrected chi connectivity index (χ2v) is 6.73. The van der Waals surface area contributed by atoms with Gasteiger partial charge in [-0.1, -0.05) is 29.8 Å². The zero-order chi connectivity index (χ0) is 22.5. The van der Waals surface area contributed by atoms with Crippen molar-refractivity contribution in [2.45, 2.75) is 0 Å². The van der Waals surface area contributed by atoms with E-state index in [1.54, 1.807) is 24.3 Å². The number of rotatable bonds is 6. The van der Waals surface area contributed by atoms with Gasteiger partial charge in [-0.25, -0.2) is 0 Å². The largest absolute Gasteiger partial charge is 0.366 e. The predicted octanol–water partition coefficient (Wildman–Crippen LogP) is 3.85. The first-order valence-electron chi connectivity index (χ1n) is 8.82. The fourth-order valence-corrected chi connectivity index (χ4v) is 2.99. The van der Waals surface area contributed by atoms with Crippen molar-refractivity contribution in [1.82, 2.24) is 0 Å². The van der Waals surface area contributed by atoms with E-state index in [9.17, 15) is 24.5 Å². The van der Waals surface area contributed by atoms with E-state index in [0.29, 0.717) is 5.69 Å². The number of hydrogen-bond acceptors (Lipinski definition) is 5. The van der Waals surface area contributed by atoms with Gasteiger partial charge in [0, 0.05) is 23.4 Å². The second kappa shape index (κ2) is 9.06. The van der Waals surface area contributed by atoms with Crippen LogP contribution in [0.3, 0.4) is 0 Å². The van der Waals surface area contributed by atoms with Gasteiger partial charge in [0.1, 0.15) is 0 Å². The Morgan fingerprint density at radius 1 is 0.871 bits per heavy atom. The quantitative estimate of drug-likeness (QED) is 0.395. The van der Waals surface area contributed by atoms with Crippen molar-refractivity contribution in [2.75, 3.05) is 10.6 Å². The topological polar surface area (TPSA) is 144 Å². The molecule has 0 aliphatic rings. The van der Waals surface area contributed by atoms with Crippen LogP contribution in [0.25, 0.3) is 0 Å². The SMILES string of the molecule is NC(=O)c1cccc(NC(=O)c2ccccc2NC(=O)c2ccc([N+](=O)[O-])cc2Cl)c1. The monoisotopic (exact) mass is 438 g/mol. The Morgan fingerprint density at radius 3 is 2.26 bits per heavy atom. The number of nitrogens with zero attached hydrogens (tertiary/aromatic N) is 1. The third-order valence-electron chi connectivity index (χ3n) is 4.23. The van der Waals surface area contributed by atoms with Gasteiger partial charge in [-0.2, -0.15) is 0 Å². The van der Waals surface area contributed by atoms with E-state index < -0.39 is 22.6 Å². The lowest BCUT2D eigenvalue weighted by Crippen LogP contribution is -2.19. The van der Waals surface area contributed by atoms with Crippen molar-refractivity contribution in [1.29, 1.82) is 0 Å². The summed E-state index contributed by atoms with van der Waals surface area (Å²) in [5.74, 6) is -1.81. The molecule has 0 bridgehead atoms. The van der Waals surface area contributed by atoms with Gasteiger partial charge in [-0.3, -0.25) is 24.5 Å². The summed E-state index contributed by atoms with van der Waals surface area (Å²) < 4.78 is 0. The maximum Gasteiger partial charge on any atom is 0.270 e. The van der Waals surface area contributed by atoms with Crippen LogP contribution in [0.4, 0.5) is 17.1 Å². The minimum Gasteiger partial charge on any atom is -0.366 e. The molecule has 0 saturated carbocycles. The lowest BCUT2D eigenvalue weighted by molar-refractivity contribution is -0.384. The van der Waals surface area contributed by atoms with E-state index in [0.717, 1.165) is 12.1 Å². The van der Waals surface area contributed by atoms with Crippen LogP contribution in [0.15, 0.2) is 66.7 Å². The van der Waals surface area contributed by atoms with Crippen LogP contribution in [0.2, 0.25) is 5.02 Å². The molecule has 3 rings (SSSR count). The number of nitro groups is 1. The number of nitro benzene ring substituents is 1. The van der Waals surface area contributed by atoms with E-state index >= 15 is 0 Å². The van der Waals surface area contributed by atoms with E-state index in [1.165, 1.54) is 30.3 Å². The summed E-state index contributed by atoms with van der Waals surface area (Å²) in [5.41, 5.74) is 5.94. The van der Waals surface area contributed by atoms with E-state index in [1.807, 2.05) is 0 Å². The zero-order valence-electron chi connectivity index (χ0n) is 15.8. The van der Waals surface area contributed by atoms with Gasteiger partial charge in [0.15, 0.2) is 0 Å². The Balaban J connectivity index is 1.82. The average molecular weight is 439 g/mol.